The van der Waals surface area contributed by atoms with Crippen LogP contribution in [0.5, 0.6) is 0 Å². The van der Waals surface area contributed by atoms with E-state index in [1.165, 1.54) is 0 Å². The van der Waals surface area contributed by atoms with Gasteiger partial charge >= 0.3 is 0 Å². The lowest BCUT2D eigenvalue weighted by Crippen LogP contribution is -2.40. The van der Waals surface area contributed by atoms with E-state index in [9.17, 15) is 13.2 Å². The number of rotatable bonds is 8. The van der Waals surface area contributed by atoms with E-state index in [0.29, 0.717) is 5.92 Å². The first-order valence-electron chi connectivity index (χ1n) is 8.50. The van der Waals surface area contributed by atoms with Gasteiger partial charge in [-0.05, 0) is 50.9 Å². The Bertz CT molecular complexity index is 617. The molecule has 25 heavy (non-hydrogen) atoms. The predicted molar refractivity (Wildman–Crippen MR) is 101 cm³/mol. The van der Waals surface area contributed by atoms with Crippen molar-refractivity contribution in [3.05, 3.63) is 30.3 Å². The number of nitrogens with one attached hydrogen (secondary N) is 2. The molecule has 0 radical (unpaired) electrons. The number of hydrogen-bond acceptors (Lipinski definition) is 4. The standard InChI is InChI=1S/C17H27N3O3S.ClH/c1-18-11-7-15-9-13-20(14-10-15)17(21)8-12-19-24(22,23)16-5-3-2-4-6-16;/h2-6,15,18-19H,7-14H2,1H3;1H. The van der Waals surface area contributed by atoms with Crippen LogP contribution in [0.1, 0.15) is 25.7 Å². The van der Waals surface area contributed by atoms with Gasteiger partial charge in [-0.15, -0.1) is 12.4 Å². The van der Waals surface area contributed by atoms with Gasteiger partial charge in [0.1, 0.15) is 0 Å². The first kappa shape index (κ1) is 21.9. The second-order valence-electron chi connectivity index (χ2n) is 6.18. The van der Waals surface area contributed by atoms with Gasteiger partial charge in [0.2, 0.25) is 15.9 Å². The number of amides is 1. The molecule has 0 spiro atoms. The predicted octanol–water partition coefficient (Wildman–Crippen LogP) is 1.62. The van der Waals surface area contributed by atoms with Crippen LogP contribution in [0.4, 0.5) is 0 Å². The van der Waals surface area contributed by atoms with Gasteiger partial charge in [-0.1, -0.05) is 18.2 Å². The quantitative estimate of drug-likeness (QED) is 0.708. The lowest BCUT2D eigenvalue weighted by Gasteiger charge is -2.32. The molecule has 0 aromatic heterocycles. The monoisotopic (exact) mass is 389 g/mol. The van der Waals surface area contributed by atoms with E-state index in [1.54, 1.807) is 30.3 Å². The van der Waals surface area contributed by atoms with Crippen molar-refractivity contribution >= 4 is 28.3 Å². The van der Waals surface area contributed by atoms with Gasteiger partial charge in [-0.25, -0.2) is 13.1 Å². The maximum absolute atomic E-state index is 12.2. The summed E-state index contributed by atoms with van der Waals surface area (Å²) >= 11 is 0. The summed E-state index contributed by atoms with van der Waals surface area (Å²) in [5.41, 5.74) is 0. The van der Waals surface area contributed by atoms with Crippen molar-refractivity contribution in [3.63, 3.8) is 0 Å². The number of hydrogen-bond donors (Lipinski definition) is 2. The summed E-state index contributed by atoms with van der Waals surface area (Å²) in [4.78, 5) is 14.3. The minimum Gasteiger partial charge on any atom is -0.343 e. The van der Waals surface area contributed by atoms with Crippen molar-refractivity contribution in [3.8, 4) is 0 Å². The third-order valence-electron chi connectivity index (χ3n) is 4.45. The molecule has 1 fully saturated rings. The van der Waals surface area contributed by atoms with Gasteiger partial charge in [0.05, 0.1) is 4.90 Å². The highest BCUT2D eigenvalue weighted by Gasteiger charge is 2.22. The second-order valence-corrected chi connectivity index (χ2v) is 7.94. The van der Waals surface area contributed by atoms with E-state index in [2.05, 4.69) is 10.0 Å². The Morgan fingerprint density at radius 1 is 1.16 bits per heavy atom. The van der Waals surface area contributed by atoms with Crippen LogP contribution in [0.15, 0.2) is 35.2 Å². The number of benzene rings is 1. The number of likely N-dealkylation sites (tertiary alicyclic amines) is 1. The lowest BCUT2D eigenvalue weighted by molar-refractivity contribution is -0.132. The Balaban J connectivity index is 0.00000312. The summed E-state index contributed by atoms with van der Waals surface area (Å²) in [5, 5.41) is 3.16. The van der Waals surface area contributed by atoms with Crippen LogP contribution in [0.25, 0.3) is 0 Å². The Morgan fingerprint density at radius 3 is 2.40 bits per heavy atom. The Labute approximate surface area is 156 Å². The highest BCUT2D eigenvalue weighted by molar-refractivity contribution is 7.89. The molecule has 1 heterocycles. The summed E-state index contributed by atoms with van der Waals surface area (Å²) in [5.74, 6) is 0.705. The number of sulfonamides is 1. The molecule has 1 saturated heterocycles. The zero-order valence-corrected chi connectivity index (χ0v) is 16.2. The highest BCUT2D eigenvalue weighted by atomic mass is 35.5. The molecule has 1 aliphatic rings. The average Bonchev–Trinajstić information content (AvgIpc) is 2.61. The molecule has 0 atom stereocenters. The molecule has 1 amide bonds. The first-order chi connectivity index (χ1) is 11.5. The molecule has 1 aliphatic heterocycles. The number of nitrogens with zero attached hydrogens (tertiary/aromatic N) is 1. The van der Waals surface area contributed by atoms with E-state index in [-0.39, 0.29) is 36.2 Å². The van der Waals surface area contributed by atoms with Crippen molar-refractivity contribution in [2.45, 2.75) is 30.6 Å². The van der Waals surface area contributed by atoms with Crippen LogP contribution in [0, 0.1) is 5.92 Å². The highest BCUT2D eigenvalue weighted by Crippen LogP contribution is 2.20. The van der Waals surface area contributed by atoms with E-state index in [1.807, 2.05) is 11.9 Å². The molecule has 2 N–H and O–H groups in total. The Morgan fingerprint density at radius 2 is 1.80 bits per heavy atom. The summed E-state index contributed by atoms with van der Waals surface area (Å²) in [7, 11) is -1.58. The van der Waals surface area contributed by atoms with E-state index < -0.39 is 10.0 Å². The molecule has 1 aromatic rings. The topological polar surface area (TPSA) is 78.5 Å². The van der Waals surface area contributed by atoms with Crippen LogP contribution in [-0.2, 0) is 14.8 Å². The molecule has 8 heteroatoms. The molecule has 6 nitrogen and oxygen atoms in total. The fourth-order valence-electron chi connectivity index (χ4n) is 2.95. The Hall–Kier alpha value is -1.15. The number of carbonyl (C=O) groups excluding carboxylic acids is 1. The van der Waals surface area contributed by atoms with Crippen LogP contribution >= 0.6 is 12.4 Å². The smallest absolute Gasteiger partial charge is 0.240 e. The molecule has 0 aliphatic carbocycles. The van der Waals surface area contributed by atoms with Crippen LogP contribution in [0.3, 0.4) is 0 Å². The van der Waals surface area contributed by atoms with Crippen molar-refractivity contribution in [1.29, 1.82) is 0 Å². The lowest BCUT2D eigenvalue weighted by atomic mass is 9.93. The summed E-state index contributed by atoms with van der Waals surface area (Å²) in [6.07, 6.45) is 3.41. The molecular weight excluding hydrogens is 362 g/mol. The maximum Gasteiger partial charge on any atom is 0.240 e. The zero-order valence-electron chi connectivity index (χ0n) is 14.6. The van der Waals surface area contributed by atoms with Gasteiger partial charge in [0.25, 0.3) is 0 Å². The molecule has 142 valence electrons. The minimum atomic E-state index is -3.53. The molecular formula is C17H28ClN3O3S. The number of carbonyl (C=O) groups is 1. The first-order valence-corrected chi connectivity index (χ1v) is 9.98. The number of piperidine rings is 1. The minimum absolute atomic E-state index is 0. The third kappa shape index (κ3) is 6.93. The maximum atomic E-state index is 12.2. The van der Waals surface area contributed by atoms with Gasteiger partial charge in [-0.3, -0.25) is 4.79 Å². The summed E-state index contributed by atoms with van der Waals surface area (Å²) in [6, 6.07) is 8.21. The van der Waals surface area contributed by atoms with Crippen molar-refractivity contribution in [2.75, 3.05) is 33.2 Å². The molecule has 2 rings (SSSR count). The van der Waals surface area contributed by atoms with Crippen LogP contribution in [0.2, 0.25) is 0 Å². The van der Waals surface area contributed by atoms with Crippen LogP contribution in [-0.4, -0.2) is 52.5 Å². The van der Waals surface area contributed by atoms with Crippen molar-refractivity contribution in [1.82, 2.24) is 14.9 Å². The van der Waals surface area contributed by atoms with Crippen LogP contribution < -0.4 is 10.0 Å². The average molecular weight is 390 g/mol. The molecule has 0 bridgehead atoms. The van der Waals surface area contributed by atoms with Gasteiger partial charge in [0.15, 0.2) is 0 Å². The molecule has 1 aromatic carbocycles. The fraction of sp³-hybridized carbons (Fsp3) is 0.588. The van der Waals surface area contributed by atoms with E-state index >= 15 is 0 Å². The Kier molecular flexibility index (Phi) is 9.42. The van der Waals surface area contributed by atoms with Crippen molar-refractivity contribution < 1.29 is 13.2 Å². The van der Waals surface area contributed by atoms with E-state index in [4.69, 9.17) is 0 Å². The zero-order chi connectivity index (χ0) is 17.4. The fourth-order valence-corrected chi connectivity index (χ4v) is 4.01. The molecule has 0 unspecified atom stereocenters. The summed E-state index contributed by atoms with van der Waals surface area (Å²) < 4.78 is 26.7. The molecule has 0 saturated carbocycles. The number of halogens is 1. The van der Waals surface area contributed by atoms with Gasteiger partial charge < -0.3 is 10.2 Å². The van der Waals surface area contributed by atoms with Crippen molar-refractivity contribution in [2.24, 2.45) is 5.92 Å². The van der Waals surface area contributed by atoms with E-state index in [0.717, 1.165) is 38.9 Å². The van der Waals surface area contributed by atoms with Gasteiger partial charge in [-0.2, -0.15) is 0 Å². The normalized spacial score (nSPS) is 15.6. The summed E-state index contributed by atoms with van der Waals surface area (Å²) in [6.45, 7) is 2.70. The third-order valence-corrected chi connectivity index (χ3v) is 5.93. The largest absolute Gasteiger partial charge is 0.343 e. The van der Waals surface area contributed by atoms with Gasteiger partial charge in [0, 0.05) is 26.1 Å². The SMILES string of the molecule is CNCCC1CCN(C(=O)CCNS(=O)(=O)c2ccccc2)CC1.Cl. The second kappa shape index (κ2) is 10.8.